The Balaban J connectivity index is 1.98. The van der Waals surface area contributed by atoms with Gasteiger partial charge in [0.1, 0.15) is 0 Å². The zero-order valence-electron chi connectivity index (χ0n) is 5.72. The monoisotopic (exact) mass is 128 g/mol. The van der Waals surface area contributed by atoms with Crippen molar-refractivity contribution in [3.63, 3.8) is 0 Å². The van der Waals surface area contributed by atoms with E-state index < -0.39 is 0 Å². The van der Waals surface area contributed by atoms with Crippen LogP contribution in [0, 0.1) is 0 Å². The highest BCUT2D eigenvalue weighted by Crippen LogP contribution is 2.29. The molecule has 0 bridgehead atoms. The summed E-state index contributed by atoms with van der Waals surface area (Å²) in [5.41, 5.74) is 0.128. The van der Waals surface area contributed by atoms with Gasteiger partial charge in [0, 0.05) is 6.42 Å². The molecular weight excluding hydrogens is 116 g/mol. The van der Waals surface area contributed by atoms with Crippen molar-refractivity contribution in [2.24, 2.45) is 0 Å². The number of hydrogen-bond acceptors (Lipinski definition) is 2. The molecule has 1 saturated heterocycles. The molecule has 0 aliphatic carbocycles. The Labute approximate surface area is 55.5 Å². The highest BCUT2D eigenvalue weighted by atomic mass is 16.6. The summed E-state index contributed by atoms with van der Waals surface area (Å²) >= 11 is 0. The first-order valence-electron chi connectivity index (χ1n) is 3.13. The fraction of sp³-hybridized carbons (Fsp3) is 0.714. The smallest absolute Gasteiger partial charge is 0.0921 e. The number of rotatable bonds is 4. The fourth-order valence-corrected chi connectivity index (χ4v) is 0.626. The maximum atomic E-state index is 5.13. The molecule has 1 heterocycles. The van der Waals surface area contributed by atoms with Crippen molar-refractivity contribution in [2.75, 3.05) is 13.2 Å². The van der Waals surface area contributed by atoms with Gasteiger partial charge in [0.15, 0.2) is 0 Å². The number of ether oxygens (including phenoxy) is 2. The Hall–Kier alpha value is -0.500. The third-order valence-corrected chi connectivity index (χ3v) is 1.50. The van der Waals surface area contributed by atoms with E-state index in [2.05, 4.69) is 13.5 Å². The molecule has 1 atom stereocenters. The molecule has 0 saturated carbocycles. The highest BCUT2D eigenvalue weighted by Gasteiger charge is 2.38. The van der Waals surface area contributed by atoms with Gasteiger partial charge in [-0.3, -0.25) is 0 Å². The molecule has 0 aromatic rings. The van der Waals surface area contributed by atoms with Crippen LogP contribution in [0.2, 0.25) is 0 Å². The van der Waals surface area contributed by atoms with Gasteiger partial charge in [-0.2, -0.15) is 0 Å². The van der Waals surface area contributed by atoms with Crippen LogP contribution in [-0.4, -0.2) is 18.8 Å². The molecule has 1 fully saturated rings. The van der Waals surface area contributed by atoms with Gasteiger partial charge >= 0.3 is 0 Å². The van der Waals surface area contributed by atoms with Crippen molar-refractivity contribution in [2.45, 2.75) is 18.9 Å². The molecule has 0 aromatic carbocycles. The molecule has 2 nitrogen and oxygen atoms in total. The zero-order chi connectivity index (χ0) is 6.74. The number of epoxide rings is 1. The largest absolute Gasteiger partial charge is 0.502 e. The summed E-state index contributed by atoms with van der Waals surface area (Å²) < 4.78 is 10.1. The SMILES string of the molecule is C=COCCC1(C)CO1. The van der Waals surface area contributed by atoms with E-state index in [1.54, 1.807) is 0 Å². The molecule has 2 heteroatoms. The van der Waals surface area contributed by atoms with E-state index in [-0.39, 0.29) is 5.60 Å². The van der Waals surface area contributed by atoms with E-state index >= 15 is 0 Å². The molecule has 1 unspecified atom stereocenters. The Morgan fingerprint density at radius 2 is 2.56 bits per heavy atom. The molecule has 1 aliphatic rings. The molecule has 1 aliphatic heterocycles. The summed E-state index contributed by atoms with van der Waals surface area (Å²) in [5, 5.41) is 0. The topological polar surface area (TPSA) is 21.8 Å². The van der Waals surface area contributed by atoms with Crippen LogP contribution in [-0.2, 0) is 9.47 Å². The van der Waals surface area contributed by atoms with Gasteiger partial charge < -0.3 is 9.47 Å². The van der Waals surface area contributed by atoms with Crippen LogP contribution in [0.1, 0.15) is 13.3 Å². The second-order valence-corrected chi connectivity index (χ2v) is 2.53. The summed E-state index contributed by atoms with van der Waals surface area (Å²) in [6, 6.07) is 0. The third-order valence-electron chi connectivity index (χ3n) is 1.50. The van der Waals surface area contributed by atoms with E-state index in [9.17, 15) is 0 Å². The summed E-state index contributed by atoms with van der Waals surface area (Å²) in [5.74, 6) is 0. The first-order chi connectivity index (χ1) is 4.27. The van der Waals surface area contributed by atoms with Gasteiger partial charge in [0.05, 0.1) is 25.1 Å². The minimum Gasteiger partial charge on any atom is -0.502 e. The van der Waals surface area contributed by atoms with E-state index in [0.29, 0.717) is 0 Å². The van der Waals surface area contributed by atoms with E-state index in [1.807, 2.05) is 0 Å². The lowest BCUT2D eigenvalue weighted by Gasteiger charge is -2.02. The maximum absolute atomic E-state index is 5.13. The molecule has 0 aromatic heterocycles. The lowest BCUT2D eigenvalue weighted by molar-refractivity contribution is 0.201. The van der Waals surface area contributed by atoms with Crippen LogP contribution in [0.5, 0.6) is 0 Å². The van der Waals surface area contributed by atoms with Crippen LogP contribution >= 0.6 is 0 Å². The highest BCUT2D eigenvalue weighted by molar-refractivity contribution is 4.86. The van der Waals surface area contributed by atoms with Crippen LogP contribution in [0.3, 0.4) is 0 Å². The van der Waals surface area contributed by atoms with Crippen molar-refractivity contribution in [1.29, 1.82) is 0 Å². The summed E-state index contributed by atoms with van der Waals surface area (Å²) in [7, 11) is 0. The Bertz CT molecular complexity index is 105. The molecule has 0 amide bonds. The van der Waals surface area contributed by atoms with E-state index in [0.717, 1.165) is 19.6 Å². The van der Waals surface area contributed by atoms with Crippen molar-refractivity contribution < 1.29 is 9.47 Å². The zero-order valence-corrected chi connectivity index (χ0v) is 5.72. The molecule has 1 rings (SSSR count). The second-order valence-electron chi connectivity index (χ2n) is 2.53. The second kappa shape index (κ2) is 2.40. The Kier molecular flexibility index (Phi) is 1.76. The predicted molar refractivity (Wildman–Crippen MR) is 35.1 cm³/mol. The van der Waals surface area contributed by atoms with Crippen LogP contribution < -0.4 is 0 Å². The summed E-state index contributed by atoms with van der Waals surface area (Å²) in [6.45, 7) is 7.13. The molecule has 0 N–H and O–H groups in total. The van der Waals surface area contributed by atoms with Gasteiger partial charge in [0.2, 0.25) is 0 Å². The Morgan fingerprint density at radius 3 is 3.00 bits per heavy atom. The lowest BCUT2D eigenvalue weighted by atomic mass is 10.1. The van der Waals surface area contributed by atoms with Crippen molar-refractivity contribution in [1.82, 2.24) is 0 Å². The fourth-order valence-electron chi connectivity index (χ4n) is 0.626. The minimum atomic E-state index is 0.128. The predicted octanol–water partition coefficient (Wildman–Crippen LogP) is 1.33. The van der Waals surface area contributed by atoms with Crippen molar-refractivity contribution in [3.8, 4) is 0 Å². The van der Waals surface area contributed by atoms with Gasteiger partial charge in [-0.15, -0.1) is 0 Å². The number of hydrogen-bond donors (Lipinski definition) is 0. The van der Waals surface area contributed by atoms with Gasteiger partial charge in [-0.25, -0.2) is 0 Å². The molecule has 0 spiro atoms. The quantitative estimate of drug-likeness (QED) is 0.323. The van der Waals surface area contributed by atoms with E-state index in [4.69, 9.17) is 9.47 Å². The normalized spacial score (nSPS) is 31.7. The molecular formula is C7H12O2. The molecule has 0 radical (unpaired) electrons. The summed E-state index contributed by atoms with van der Waals surface area (Å²) in [4.78, 5) is 0. The summed E-state index contributed by atoms with van der Waals surface area (Å²) in [6.07, 6.45) is 2.44. The van der Waals surface area contributed by atoms with Crippen molar-refractivity contribution in [3.05, 3.63) is 12.8 Å². The first-order valence-corrected chi connectivity index (χ1v) is 3.13. The van der Waals surface area contributed by atoms with Gasteiger partial charge in [0.25, 0.3) is 0 Å². The lowest BCUT2D eigenvalue weighted by Crippen LogP contribution is -2.07. The van der Waals surface area contributed by atoms with Crippen molar-refractivity contribution >= 4 is 0 Å². The van der Waals surface area contributed by atoms with E-state index in [1.165, 1.54) is 6.26 Å². The van der Waals surface area contributed by atoms with Crippen LogP contribution in [0.15, 0.2) is 12.8 Å². The van der Waals surface area contributed by atoms with Gasteiger partial charge in [-0.05, 0) is 6.92 Å². The van der Waals surface area contributed by atoms with Gasteiger partial charge in [-0.1, -0.05) is 6.58 Å². The van der Waals surface area contributed by atoms with Crippen LogP contribution in [0.4, 0.5) is 0 Å². The molecule has 52 valence electrons. The molecule has 9 heavy (non-hydrogen) atoms. The minimum absolute atomic E-state index is 0.128. The van der Waals surface area contributed by atoms with Crippen LogP contribution in [0.25, 0.3) is 0 Å². The Morgan fingerprint density at radius 1 is 1.89 bits per heavy atom. The average Bonchev–Trinajstić information content (AvgIpc) is 2.50. The maximum Gasteiger partial charge on any atom is 0.0921 e. The third kappa shape index (κ3) is 2.06. The standard InChI is InChI=1S/C7H12O2/c1-3-8-5-4-7(2)6-9-7/h3H,1,4-6H2,2H3. The average molecular weight is 128 g/mol. The first kappa shape index (κ1) is 6.62.